The van der Waals surface area contributed by atoms with E-state index >= 15 is 0 Å². The van der Waals surface area contributed by atoms with Crippen molar-refractivity contribution in [2.75, 3.05) is 14.2 Å². The van der Waals surface area contributed by atoms with E-state index < -0.39 is 0 Å². The van der Waals surface area contributed by atoms with Gasteiger partial charge < -0.3 is 18.9 Å². The molecule has 2 aromatic heterocycles. The molecule has 0 spiro atoms. The number of rotatable bonds is 6. The number of hydrogen-bond acceptors (Lipinski definition) is 7. The predicted molar refractivity (Wildman–Crippen MR) is 156 cm³/mol. The van der Waals surface area contributed by atoms with Crippen LogP contribution in [0.15, 0.2) is 79.1 Å². The molecule has 0 unspecified atom stereocenters. The van der Waals surface area contributed by atoms with Crippen LogP contribution in [0, 0.1) is 13.8 Å². The van der Waals surface area contributed by atoms with Crippen LogP contribution in [0.2, 0.25) is 0 Å². The Labute approximate surface area is 237 Å². The van der Waals surface area contributed by atoms with Gasteiger partial charge >= 0.3 is 0 Å². The molecular weight excluding hydrogens is 516 g/mol. The molecule has 1 aliphatic heterocycles. The van der Waals surface area contributed by atoms with E-state index in [2.05, 4.69) is 49.2 Å². The minimum atomic E-state index is -0.257. The van der Waals surface area contributed by atoms with Crippen molar-refractivity contribution in [1.29, 1.82) is 0 Å². The van der Waals surface area contributed by atoms with Crippen molar-refractivity contribution in [2.45, 2.75) is 26.4 Å². The van der Waals surface area contributed by atoms with Gasteiger partial charge in [-0.05, 0) is 65.6 Å². The molecule has 7 rings (SSSR count). The number of methoxy groups -OCH3 is 2. The number of ether oxygens (including phenoxy) is 4. The van der Waals surface area contributed by atoms with E-state index in [1.807, 2.05) is 42.5 Å². The van der Waals surface area contributed by atoms with Crippen LogP contribution in [-0.2, 0) is 6.61 Å². The van der Waals surface area contributed by atoms with Crippen LogP contribution in [0.4, 0.5) is 0 Å². The van der Waals surface area contributed by atoms with Crippen molar-refractivity contribution < 1.29 is 18.9 Å². The molecule has 0 radical (unpaired) electrons. The first-order valence-corrected chi connectivity index (χ1v) is 13.4. The van der Waals surface area contributed by atoms with Gasteiger partial charge in [0, 0.05) is 11.5 Å². The molecule has 0 fully saturated rings. The number of hydrogen-bond donors (Lipinski definition) is 0. The largest absolute Gasteiger partial charge is 0.493 e. The quantitative estimate of drug-likeness (QED) is 0.228. The van der Waals surface area contributed by atoms with E-state index in [-0.39, 0.29) is 12.5 Å². The highest BCUT2D eigenvalue weighted by atomic mass is 16.5. The number of aryl methyl sites for hydroxylation is 1. The molecule has 1 atom stereocenters. The third-order valence-corrected chi connectivity index (χ3v) is 7.80. The molecule has 204 valence electrons. The van der Waals surface area contributed by atoms with Gasteiger partial charge in [-0.2, -0.15) is 0 Å². The number of nitrogens with zero attached hydrogens (tertiary/aromatic N) is 4. The maximum Gasteiger partial charge on any atom is 0.228 e. The second-order valence-electron chi connectivity index (χ2n) is 10.1. The van der Waals surface area contributed by atoms with Crippen molar-refractivity contribution >= 4 is 16.4 Å². The summed E-state index contributed by atoms with van der Waals surface area (Å²) >= 11 is 0. The Balaban J connectivity index is 1.41. The molecule has 0 N–H and O–H groups in total. The Hall–Kier alpha value is -5.11. The fraction of sp³-hybridized carbons (Fsp3) is 0.182. The molecule has 0 aliphatic carbocycles. The van der Waals surface area contributed by atoms with Crippen LogP contribution < -0.4 is 18.9 Å². The molecule has 0 bridgehead atoms. The second-order valence-corrected chi connectivity index (χ2v) is 10.1. The van der Waals surface area contributed by atoms with Crippen molar-refractivity contribution in [3.63, 3.8) is 0 Å². The second kappa shape index (κ2) is 9.82. The van der Waals surface area contributed by atoms with Gasteiger partial charge in [0.05, 0.1) is 19.8 Å². The molecule has 8 heteroatoms. The van der Waals surface area contributed by atoms with E-state index in [0.29, 0.717) is 28.9 Å². The normalized spacial score (nSPS) is 13.9. The molecule has 0 saturated heterocycles. The van der Waals surface area contributed by atoms with Crippen LogP contribution in [0.3, 0.4) is 0 Å². The third-order valence-electron chi connectivity index (χ3n) is 7.80. The monoisotopic (exact) mass is 544 g/mol. The molecular formula is C33H28N4O4. The zero-order valence-electron chi connectivity index (χ0n) is 23.2. The van der Waals surface area contributed by atoms with E-state index in [4.69, 9.17) is 29.0 Å². The molecule has 4 aromatic carbocycles. The van der Waals surface area contributed by atoms with Gasteiger partial charge in [0.1, 0.15) is 24.4 Å². The molecule has 1 aliphatic rings. The summed E-state index contributed by atoms with van der Waals surface area (Å²) in [6, 6.07) is 24.4. The predicted octanol–water partition coefficient (Wildman–Crippen LogP) is 6.78. The van der Waals surface area contributed by atoms with Crippen LogP contribution in [0.5, 0.6) is 28.9 Å². The number of aromatic nitrogens is 4. The smallest absolute Gasteiger partial charge is 0.228 e. The lowest BCUT2D eigenvalue weighted by atomic mass is 9.81. The van der Waals surface area contributed by atoms with Crippen molar-refractivity contribution in [3.8, 4) is 28.9 Å². The highest BCUT2D eigenvalue weighted by Crippen LogP contribution is 2.51. The van der Waals surface area contributed by atoms with E-state index in [0.717, 1.165) is 44.5 Å². The Morgan fingerprint density at radius 2 is 1.71 bits per heavy atom. The Bertz CT molecular complexity index is 1950. The lowest BCUT2D eigenvalue weighted by Crippen LogP contribution is -2.15. The maximum absolute atomic E-state index is 6.43. The highest BCUT2D eigenvalue weighted by molar-refractivity contribution is 5.91. The highest BCUT2D eigenvalue weighted by Gasteiger charge is 2.35. The Morgan fingerprint density at radius 1 is 0.854 bits per heavy atom. The van der Waals surface area contributed by atoms with Gasteiger partial charge in [0.25, 0.3) is 0 Å². The van der Waals surface area contributed by atoms with Gasteiger partial charge in [0.2, 0.25) is 5.88 Å². The summed E-state index contributed by atoms with van der Waals surface area (Å²) in [5.41, 5.74) is 5.79. The standard InChI is InChI=1S/C33H28N4O4/c1-19-8-7-11-24(20(19)2)40-17-28-35-32-31-29(22-13-14-25(38-3)27(16-22)39-4)30-23-10-6-5-9-21(23)12-15-26(30)41-33(31)34-18-37(32)36-28/h5-16,18,29H,17H2,1-4H3/t29-/m1/s1. The van der Waals surface area contributed by atoms with Crippen molar-refractivity contribution in [2.24, 2.45) is 0 Å². The van der Waals surface area contributed by atoms with E-state index in [9.17, 15) is 0 Å². The summed E-state index contributed by atoms with van der Waals surface area (Å²) in [6.07, 6.45) is 1.64. The number of fused-ring (bicyclic) bond motifs is 6. The summed E-state index contributed by atoms with van der Waals surface area (Å²) in [5.74, 6) is 3.66. The maximum atomic E-state index is 6.43. The van der Waals surface area contributed by atoms with Crippen LogP contribution in [0.25, 0.3) is 16.4 Å². The zero-order chi connectivity index (χ0) is 28.1. The van der Waals surface area contributed by atoms with Crippen LogP contribution >= 0.6 is 0 Å². The molecule has 6 aromatic rings. The fourth-order valence-corrected chi connectivity index (χ4v) is 5.60. The minimum Gasteiger partial charge on any atom is -0.493 e. The van der Waals surface area contributed by atoms with Crippen molar-refractivity contribution in [3.05, 3.63) is 113 Å². The van der Waals surface area contributed by atoms with Crippen LogP contribution in [0.1, 0.15) is 39.6 Å². The number of benzene rings is 4. The van der Waals surface area contributed by atoms with Gasteiger partial charge in [-0.15, -0.1) is 5.10 Å². The summed E-state index contributed by atoms with van der Waals surface area (Å²) in [6.45, 7) is 4.34. The Kier molecular flexibility index (Phi) is 5.96. The summed E-state index contributed by atoms with van der Waals surface area (Å²) in [5, 5.41) is 6.92. The van der Waals surface area contributed by atoms with Gasteiger partial charge in [-0.25, -0.2) is 14.5 Å². The zero-order valence-corrected chi connectivity index (χ0v) is 23.2. The first kappa shape index (κ1) is 24.9. The summed E-state index contributed by atoms with van der Waals surface area (Å²) in [7, 11) is 3.28. The fourth-order valence-electron chi connectivity index (χ4n) is 5.60. The molecule has 0 amide bonds. The Morgan fingerprint density at radius 3 is 2.56 bits per heavy atom. The molecule has 8 nitrogen and oxygen atoms in total. The van der Waals surface area contributed by atoms with Gasteiger partial charge in [-0.1, -0.05) is 48.5 Å². The van der Waals surface area contributed by atoms with Gasteiger partial charge in [-0.3, -0.25) is 0 Å². The molecule has 0 saturated carbocycles. The van der Waals surface area contributed by atoms with E-state index in [1.54, 1.807) is 25.1 Å². The molecule has 41 heavy (non-hydrogen) atoms. The van der Waals surface area contributed by atoms with E-state index in [1.165, 1.54) is 5.56 Å². The first-order chi connectivity index (χ1) is 20.1. The minimum absolute atomic E-state index is 0.224. The van der Waals surface area contributed by atoms with Crippen LogP contribution in [-0.4, -0.2) is 33.8 Å². The summed E-state index contributed by atoms with van der Waals surface area (Å²) in [4.78, 5) is 9.63. The lowest BCUT2D eigenvalue weighted by Gasteiger charge is -2.29. The average molecular weight is 545 g/mol. The molecule has 3 heterocycles. The average Bonchev–Trinajstić information content (AvgIpc) is 3.43. The lowest BCUT2D eigenvalue weighted by molar-refractivity contribution is 0.294. The van der Waals surface area contributed by atoms with Crippen molar-refractivity contribution in [1.82, 2.24) is 19.6 Å². The van der Waals surface area contributed by atoms with Gasteiger partial charge in [0.15, 0.2) is 23.0 Å². The SMILES string of the molecule is COc1ccc([C@@H]2c3c(ccc4ccccc34)Oc3ncn4nc(COc5cccc(C)c5C)nc4c32)cc1OC. The topological polar surface area (TPSA) is 80.0 Å². The summed E-state index contributed by atoms with van der Waals surface area (Å²) < 4.78 is 25.5. The first-order valence-electron chi connectivity index (χ1n) is 13.4. The third kappa shape index (κ3) is 4.10.